The molecular weight excluding hydrogens is 345 g/mol. The summed E-state index contributed by atoms with van der Waals surface area (Å²) in [6.45, 7) is 0.943. The molecule has 0 atom stereocenters. The molecule has 0 saturated carbocycles. The second-order valence-corrected chi connectivity index (χ2v) is 9.26. The Morgan fingerprint density at radius 3 is 1.63 bits per heavy atom. The molecule has 4 aromatic rings. The molecule has 0 aliphatic rings. The molecule has 1 nitrogen and oxygen atoms in total. The zero-order chi connectivity index (χ0) is 18.6. The molecule has 2 heteroatoms. The van der Waals surface area contributed by atoms with Crippen molar-refractivity contribution in [2.24, 2.45) is 0 Å². The van der Waals surface area contributed by atoms with Gasteiger partial charge in [-0.15, -0.1) is 0 Å². The molecule has 4 aromatic carbocycles. The summed E-state index contributed by atoms with van der Waals surface area (Å²) in [5.74, 6) is 0. The van der Waals surface area contributed by atoms with Crippen molar-refractivity contribution in [3.8, 4) is 0 Å². The summed E-state index contributed by atoms with van der Waals surface area (Å²) in [4.78, 5) is 2.26. The van der Waals surface area contributed by atoms with Crippen LogP contribution in [0.2, 0.25) is 0 Å². The summed E-state index contributed by atoms with van der Waals surface area (Å²) in [5, 5.41) is 6.88. The highest BCUT2D eigenvalue weighted by Gasteiger charge is 2.20. The van der Waals surface area contributed by atoms with Crippen LogP contribution in [0.15, 0.2) is 97.1 Å². The Morgan fingerprint density at radius 2 is 1.11 bits per heavy atom. The summed E-state index contributed by atoms with van der Waals surface area (Å²) in [7, 11) is 3.69. The zero-order valence-corrected chi connectivity index (χ0v) is 16.7. The topological polar surface area (TPSA) is 3.24 Å². The van der Waals surface area contributed by atoms with Gasteiger partial charge in [-0.25, -0.2) is 0 Å². The molecular formula is C25H24NP. The summed E-state index contributed by atoms with van der Waals surface area (Å²) in [6, 6.07) is 35.4. The van der Waals surface area contributed by atoms with Gasteiger partial charge in [0.15, 0.2) is 0 Å². The van der Waals surface area contributed by atoms with E-state index in [4.69, 9.17) is 0 Å². The molecule has 0 amide bonds. The molecule has 0 bridgehead atoms. The molecule has 0 unspecified atom stereocenters. The standard InChI is InChI=1S/C25H24NP/c1-26(2)19-22-17-20-11-9-10-12-21(20)18-25(22)27(23-13-5-3-6-14-23)24-15-7-4-8-16-24/h3-18H,19H2,1-2H3. The largest absolute Gasteiger partial charge is 0.305 e. The number of fused-ring (bicyclic) bond motifs is 1. The zero-order valence-electron chi connectivity index (χ0n) is 15.8. The fourth-order valence-electron chi connectivity index (χ4n) is 3.53. The molecule has 27 heavy (non-hydrogen) atoms. The summed E-state index contributed by atoms with van der Waals surface area (Å²) >= 11 is 0. The van der Waals surface area contributed by atoms with Crippen LogP contribution in [0.5, 0.6) is 0 Å². The van der Waals surface area contributed by atoms with E-state index in [9.17, 15) is 0 Å². The molecule has 0 heterocycles. The van der Waals surface area contributed by atoms with Crippen molar-refractivity contribution < 1.29 is 0 Å². The highest BCUT2D eigenvalue weighted by Crippen LogP contribution is 2.35. The van der Waals surface area contributed by atoms with Crippen molar-refractivity contribution >= 4 is 34.6 Å². The van der Waals surface area contributed by atoms with Crippen molar-refractivity contribution in [3.63, 3.8) is 0 Å². The van der Waals surface area contributed by atoms with Gasteiger partial charge in [0.05, 0.1) is 0 Å². The third-order valence-corrected chi connectivity index (χ3v) is 7.23. The van der Waals surface area contributed by atoms with Crippen LogP contribution in [0.3, 0.4) is 0 Å². The monoisotopic (exact) mass is 369 g/mol. The van der Waals surface area contributed by atoms with Crippen molar-refractivity contribution in [2.75, 3.05) is 14.1 Å². The van der Waals surface area contributed by atoms with E-state index in [0.717, 1.165) is 6.54 Å². The van der Waals surface area contributed by atoms with E-state index in [1.807, 2.05) is 0 Å². The Balaban J connectivity index is 1.97. The van der Waals surface area contributed by atoms with Gasteiger partial charge >= 0.3 is 0 Å². The molecule has 0 spiro atoms. The van der Waals surface area contributed by atoms with Crippen LogP contribution in [0, 0.1) is 0 Å². The van der Waals surface area contributed by atoms with Crippen LogP contribution in [0.25, 0.3) is 10.8 Å². The lowest BCUT2D eigenvalue weighted by atomic mass is 10.1. The van der Waals surface area contributed by atoms with E-state index in [-0.39, 0.29) is 0 Å². The van der Waals surface area contributed by atoms with E-state index in [1.54, 1.807) is 0 Å². The van der Waals surface area contributed by atoms with Gasteiger partial charge in [-0.05, 0) is 66.4 Å². The predicted octanol–water partition coefficient (Wildman–Crippen LogP) is 4.66. The normalized spacial score (nSPS) is 11.4. The minimum atomic E-state index is -0.597. The molecule has 0 saturated heterocycles. The van der Waals surface area contributed by atoms with Crippen LogP contribution in [0.1, 0.15) is 5.56 Å². The average molecular weight is 369 g/mol. The van der Waals surface area contributed by atoms with Gasteiger partial charge in [0.25, 0.3) is 0 Å². The molecule has 134 valence electrons. The first-order valence-corrected chi connectivity index (χ1v) is 10.6. The Labute approximate surface area is 163 Å². The maximum Gasteiger partial charge on any atom is 0.0234 e. The number of benzene rings is 4. The molecule has 0 N–H and O–H groups in total. The lowest BCUT2D eigenvalue weighted by molar-refractivity contribution is 0.404. The SMILES string of the molecule is CN(C)Cc1cc2ccccc2cc1P(c1ccccc1)c1ccccc1. The molecule has 0 aliphatic carbocycles. The minimum Gasteiger partial charge on any atom is -0.305 e. The van der Waals surface area contributed by atoms with Crippen LogP contribution < -0.4 is 15.9 Å². The number of hydrogen-bond acceptors (Lipinski definition) is 1. The number of rotatable bonds is 5. The van der Waals surface area contributed by atoms with Gasteiger partial charge < -0.3 is 4.90 Å². The van der Waals surface area contributed by atoms with Gasteiger partial charge in [0.1, 0.15) is 0 Å². The fraction of sp³-hybridized carbons (Fsp3) is 0.120. The third kappa shape index (κ3) is 3.95. The first-order chi connectivity index (χ1) is 13.2. The van der Waals surface area contributed by atoms with Crippen LogP contribution in [0.4, 0.5) is 0 Å². The summed E-state index contributed by atoms with van der Waals surface area (Å²) < 4.78 is 0. The lowest BCUT2D eigenvalue weighted by Crippen LogP contribution is -2.25. The highest BCUT2D eigenvalue weighted by atomic mass is 31.1. The van der Waals surface area contributed by atoms with Gasteiger partial charge in [-0.3, -0.25) is 0 Å². The van der Waals surface area contributed by atoms with Crippen molar-refractivity contribution in [3.05, 3.63) is 103 Å². The molecule has 0 fully saturated rings. The van der Waals surface area contributed by atoms with Crippen molar-refractivity contribution in [1.29, 1.82) is 0 Å². The fourth-order valence-corrected chi connectivity index (χ4v) is 6.02. The van der Waals surface area contributed by atoms with Crippen LogP contribution in [-0.4, -0.2) is 19.0 Å². The molecule has 0 radical (unpaired) electrons. The summed E-state index contributed by atoms with van der Waals surface area (Å²) in [5.41, 5.74) is 1.41. The number of hydrogen-bond donors (Lipinski definition) is 0. The first kappa shape index (κ1) is 17.9. The van der Waals surface area contributed by atoms with E-state index in [0.29, 0.717) is 0 Å². The minimum absolute atomic E-state index is 0.597. The summed E-state index contributed by atoms with van der Waals surface area (Å²) in [6.07, 6.45) is 0. The first-order valence-electron chi connectivity index (χ1n) is 9.29. The Kier molecular flexibility index (Phi) is 5.34. The van der Waals surface area contributed by atoms with E-state index >= 15 is 0 Å². The van der Waals surface area contributed by atoms with Gasteiger partial charge in [-0.2, -0.15) is 0 Å². The highest BCUT2D eigenvalue weighted by molar-refractivity contribution is 7.80. The predicted molar refractivity (Wildman–Crippen MR) is 120 cm³/mol. The maximum absolute atomic E-state index is 2.42. The number of nitrogens with zero attached hydrogens (tertiary/aromatic N) is 1. The van der Waals surface area contributed by atoms with Crippen molar-refractivity contribution in [2.45, 2.75) is 6.54 Å². The Bertz CT molecular complexity index is 986. The Hall–Kier alpha value is -2.47. The average Bonchev–Trinajstić information content (AvgIpc) is 2.70. The lowest BCUT2D eigenvalue weighted by Gasteiger charge is -2.24. The van der Waals surface area contributed by atoms with Crippen molar-refractivity contribution in [1.82, 2.24) is 4.90 Å². The van der Waals surface area contributed by atoms with Crippen LogP contribution >= 0.6 is 7.92 Å². The van der Waals surface area contributed by atoms with Gasteiger partial charge in [-0.1, -0.05) is 84.9 Å². The maximum atomic E-state index is 2.42. The molecule has 4 rings (SSSR count). The third-order valence-electron chi connectivity index (χ3n) is 4.70. The second kappa shape index (κ2) is 8.05. The van der Waals surface area contributed by atoms with E-state index in [2.05, 4.69) is 116 Å². The van der Waals surface area contributed by atoms with E-state index < -0.39 is 7.92 Å². The Morgan fingerprint density at radius 1 is 0.630 bits per heavy atom. The van der Waals surface area contributed by atoms with Crippen LogP contribution in [-0.2, 0) is 6.54 Å². The molecule has 0 aliphatic heterocycles. The van der Waals surface area contributed by atoms with E-state index in [1.165, 1.54) is 32.2 Å². The smallest absolute Gasteiger partial charge is 0.0234 e. The second-order valence-electron chi connectivity index (χ2n) is 7.07. The molecule has 0 aromatic heterocycles. The van der Waals surface area contributed by atoms with Gasteiger partial charge in [0, 0.05) is 6.54 Å². The van der Waals surface area contributed by atoms with Gasteiger partial charge in [0.2, 0.25) is 0 Å². The quantitative estimate of drug-likeness (QED) is 0.463.